The number of aromatic hydroxyl groups is 1. The Morgan fingerprint density at radius 3 is 2.61 bits per heavy atom. The van der Waals surface area contributed by atoms with E-state index in [0.717, 1.165) is 11.3 Å². The van der Waals surface area contributed by atoms with Crippen LogP contribution in [0.3, 0.4) is 0 Å². The first-order valence-electron chi connectivity index (χ1n) is 5.85. The van der Waals surface area contributed by atoms with E-state index in [1.54, 1.807) is 36.0 Å². The molecule has 1 aromatic carbocycles. The third-order valence-electron chi connectivity index (χ3n) is 2.53. The average molecular weight is 268 g/mol. The molecule has 5 heteroatoms. The molecular formula is C13H20N2O2S. The Labute approximate surface area is 112 Å². The second kappa shape index (κ2) is 7.28. The molecule has 4 N–H and O–H groups in total. The van der Waals surface area contributed by atoms with E-state index in [0.29, 0.717) is 6.42 Å². The Hall–Kier alpha value is -1.20. The summed E-state index contributed by atoms with van der Waals surface area (Å²) in [7, 11) is 0. The van der Waals surface area contributed by atoms with Crippen LogP contribution in [-0.4, -0.2) is 35.1 Å². The Bertz CT molecular complexity index is 381. The number of amides is 1. The lowest BCUT2D eigenvalue weighted by Gasteiger charge is -2.16. The summed E-state index contributed by atoms with van der Waals surface area (Å²) in [6, 6.07) is 6.30. The van der Waals surface area contributed by atoms with E-state index >= 15 is 0 Å². The van der Waals surface area contributed by atoms with Crippen molar-refractivity contribution < 1.29 is 9.90 Å². The van der Waals surface area contributed by atoms with Crippen LogP contribution < -0.4 is 11.1 Å². The Morgan fingerprint density at radius 1 is 1.44 bits per heavy atom. The van der Waals surface area contributed by atoms with Crippen molar-refractivity contribution in [2.45, 2.75) is 25.4 Å². The van der Waals surface area contributed by atoms with Gasteiger partial charge in [-0.05, 0) is 37.3 Å². The number of benzene rings is 1. The maximum atomic E-state index is 11.8. The monoisotopic (exact) mass is 268 g/mol. The highest BCUT2D eigenvalue weighted by Crippen LogP contribution is 2.11. The lowest BCUT2D eigenvalue weighted by Crippen LogP contribution is -2.46. The third kappa shape index (κ3) is 4.98. The Morgan fingerprint density at radius 2 is 2.06 bits per heavy atom. The van der Waals surface area contributed by atoms with Gasteiger partial charge in [-0.25, -0.2) is 0 Å². The number of hydrogen-bond donors (Lipinski definition) is 3. The zero-order chi connectivity index (χ0) is 13.5. The fourth-order valence-corrected chi connectivity index (χ4v) is 2.20. The molecule has 0 spiro atoms. The molecule has 0 saturated heterocycles. The maximum absolute atomic E-state index is 11.8. The summed E-state index contributed by atoms with van der Waals surface area (Å²) in [5, 5.41) is 12.0. The van der Waals surface area contributed by atoms with Crippen LogP contribution in [0.15, 0.2) is 24.3 Å². The fourth-order valence-electron chi connectivity index (χ4n) is 1.62. The normalized spacial score (nSPS) is 13.9. The molecule has 0 radical (unpaired) electrons. The number of phenols is 1. The van der Waals surface area contributed by atoms with E-state index in [4.69, 9.17) is 10.8 Å². The van der Waals surface area contributed by atoms with Crippen molar-refractivity contribution in [3.05, 3.63) is 29.8 Å². The van der Waals surface area contributed by atoms with Gasteiger partial charge in [0.15, 0.2) is 0 Å². The molecule has 18 heavy (non-hydrogen) atoms. The van der Waals surface area contributed by atoms with Crippen molar-refractivity contribution in [2.24, 2.45) is 5.73 Å². The Balaban J connectivity index is 2.46. The van der Waals surface area contributed by atoms with E-state index < -0.39 is 6.04 Å². The largest absolute Gasteiger partial charge is 0.508 e. The summed E-state index contributed by atoms with van der Waals surface area (Å²) in [6.45, 7) is 1.96. The average Bonchev–Trinajstić information content (AvgIpc) is 2.32. The molecule has 100 valence electrons. The molecule has 0 aliphatic carbocycles. The summed E-state index contributed by atoms with van der Waals surface area (Å²) in [5.74, 6) is 0.951. The quantitative estimate of drug-likeness (QED) is 0.723. The van der Waals surface area contributed by atoms with Gasteiger partial charge in [0.1, 0.15) is 5.75 Å². The van der Waals surface area contributed by atoms with Crippen LogP contribution in [-0.2, 0) is 11.2 Å². The molecule has 0 aliphatic heterocycles. The zero-order valence-corrected chi connectivity index (χ0v) is 11.5. The molecule has 1 aromatic rings. The summed E-state index contributed by atoms with van der Waals surface area (Å²) < 4.78 is 0. The van der Waals surface area contributed by atoms with Gasteiger partial charge in [-0.3, -0.25) is 4.79 Å². The third-order valence-corrected chi connectivity index (χ3v) is 3.37. The van der Waals surface area contributed by atoms with Crippen LogP contribution in [0.5, 0.6) is 5.75 Å². The van der Waals surface area contributed by atoms with Crippen LogP contribution in [0.1, 0.15) is 12.5 Å². The SMILES string of the molecule is CSCC(C)NC(=O)C(N)Cc1ccc(O)cc1. The van der Waals surface area contributed by atoms with Gasteiger partial charge in [0.2, 0.25) is 5.91 Å². The number of nitrogens with one attached hydrogen (secondary N) is 1. The van der Waals surface area contributed by atoms with E-state index in [9.17, 15) is 4.79 Å². The molecule has 0 bridgehead atoms. The van der Waals surface area contributed by atoms with Crippen molar-refractivity contribution in [1.29, 1.82) is 0 Å². The minimum Gasteiger partial charge on any atom is -0.508 e. The first-order valence-corrected chi connectivity index (χ1v) is 7.25. The molecule has 1 rings (SSSR count). The summed E-state index contributed by atoms with van der Waals surface area (Å²) in [6.07, 6.45) is 2.47. The number of carbonyl (C=O) groups is 1. The number of carbonyl (C=O) groups excluding carboxylic acids is 1. The van der Waals surface area contributed by atoms with Gasteiger partial charge in [0.25, 0.3) is 0 Å². The maximum Gasteiger partial charge on any atom is 0.237 e. The van der Waals surface area contributed by atoms with E-state index in [1.807, 2.05) is 13.2 Å². The van der Waals surface area contributed by atoms with Crippen molar-refractivity contribution in [1.82, 2.24) is 5.32 Å². The van der Waals surface area contributed by atoms with E-state index in [2.05, 4.69) is 5.32 Å². The number of hydrogen-bond acceptors (Lipinski definition) is 4. The van der Waals surface area contributed by atoms with Gasteiger partial charge in [0.05, 0.1) is 6.04 Å². The molecule has 0 aromatic heterocycles. The molecule has 1 amide bonds. The van der Waals surface area contributed by atoms with Crippen LogP contribution in [0.2, 0.25) is 0 Å². The molecule has 2 atom stereocenters. The molecular weight excluding hydrogens is 248 g/mol. The van der Waals surface area contributed by atoms with Gasteiger partial charge < -0.3 is 16.2 Å². The van der Waals surface area contributed by atoms with Crippen LogP contribution in [0, 0.1) is 0 Å². The first kappa shape index (κ1) is 14.9. The van der Waals surface area contributed by atoms with E-state index in [-0.39, 0.29) is 17.7 Å². The van der Waals surface area contributed by atoms with Crippen molar-refractivity contribution in [3.8, 4) is 5.75 Å². The predicted octanol–water partition coefficient (Wildman–Crippen LogP) is 1.13. The first-order chi connectivity index (χ1) is 8.52. The molecule has 0 aliphatic rings. The smallest absolute Gasteiger partial charge is 0.237 e. The number of nitrogens with two attached hydrogens (primary N) is 1. The van der Waals surface area contributed by atoms with Crippen molar-refractivity contribution in [3.63, 3.8) is 0 Å². The van der Waals surface area contributed by atoms with Gasteiger partial charge in [-0.2, -0.15) is 11.8 Å². The molecule has 0 heterocycles. The minimum absolute atomic E-state index is 0.123. The Kier molecular flexibility index (Phi) is 6.01. The second-order valence-electron chi connectivity index (χ2n) is 4.34. The number of phenolic OH excluding ortho intramolecular Hbond substituents is 1. The topological polar surface area (TPSA) is 75.4 Å². The van der Waals surface area contributed by atoms with Crippen LogP contribution in [0.25, 0.3) is 0 Å². The summed E-state index contributed by atoms with van der Waals surface area (Å²) in [4.78, 5) is 11.8. The van der Waals surface area contributed by atoms with E-state index in [1.165, 1.54) is 0 Å². The summed E-state index contributed by atoms with van der Waals surface area (Å²) in [5.41, 5.74) is 6.79. The van der Waals surface area contributed by atoms with Crippen LogP contribution >= 0.6 is 11.8 Å². The highest BCUT2D eigenvalue weighted by Gasteiger charge is 2.15. The summed E-state index contributed by atoms with van der Waals surface area (Å²) >= 11 is 1.69. The van der Waals surface area contributed by atoms with Gasteiger partial charge in [-0.15, -0.1) is 0 Å². The fraction of sp³-hybridized carbons (Fsp3) is 0.462. The van der Waals surface area contributed by atoms with Gasteiger partial charge in [0, 0.05) is 11.8 Å². The lowest BCUT2D eigenvalue weighted by molar-refractivity contribution is -0.122. The molecule has 0 fully saturated rings. The second-order valence-corrected chi connectivity index (χ2v) is 5.25. The number of rotatable bonds is 6. The predicted molar refractivity (Wildman–Crippen MR) is 75.8 cm³/mol. The molecule has 2 unspecified atom stereocenters. The highest BCUT2D eigenvalue weighted by atomic mass is 32.2. The van der Waals surface area contributed by atoms with Gasteiger partial charge in [-0.1, -0.05) is 12.1 Å². The highest BCUT2D eigenvalue weighted by molar-refractivity contribution is 7.98. The standard InChI is InChI=1S/C13H20N2O2S/c1-9(8-18-2)15-13(17)12(14)7-10-3-5-11(16)6-4-10/h3-6,9,12,16H,7-8,14H2,1-2H3,(H,15,17). The minimum atomic E-state index is -0.557. The lowest BCUT2D eigenvalue weighted by atomic mass is 10.1. The molecule has 0 saturated carbocycles. The van der Waals surface area contributed by atoms with Crippen molar-refractivity contribution >= 4 is 17.7 Å². The number of thioether (sulfide) groups is 1. The zero-order valence-electron chi connectivity index (χ0n) is 10.7. The molecule has 4 nitrogen and oxygen atoms in total. The van der Waals surface area contributed by atoms with Crippen molar-refractivity contribution in [2.75, 3.05) is 12.0 Å². The van der Waals surface area contributed by atoms with Gasteiger partial charge >= 0.3 is 0 Å². The van der Waals surface area contributed by atoms with Crippen LogP contribution in [0.4, 0.5) is 0 Å².